The van der Waals surface area contributed by atoms with Gasteiger partial charge in [-0.1, -0.05) is 32.6 Å². The Labute approximate surface area is 152 Å². The van der Waals surface area contributed by atoms with E-state index in [1.54, 1.807) is 0 Å². The third-order valence-electron chi connectivity index (χ3n) is 4.12. The van der Waals surface area contributed by atoms with Crippen molar-refractivity contribution in [3.63, 3.8) is 0 Å². The van der Waals surface area contributed by atoms with E-state index in [-0.39, 0.29) is 12.4 Å². The van der Waals surface area contributed by atoms with E-state index in [9.17, 15) is 0 Å². The van der Waals surface area contributed by atoms with Crippen molar-refractivity contribution < 1.29 is 14.2 Å². The predicted octanol–water partition coefficient (Wildman–Crippen LogP) is 4.17. The summed E-state index contributed by atoms with van der Waals surface area (Å²) in [7, 11) is 0. The molecule has 0 aliphatic carbocycles. The summed E-state index contributed by atoms with van der Waals surface area (Å²) in [5.41, 5.74) is 0. The summed E-state index contributed by atoms with van der Waals surface area (Å²) in [6.07, 6.45) is 6.33. The Morgan fingerprint density at radius 1 is 0.875 bits per heavy atom. The molecular weight excluding hydrogens is 326 g/mol. The minimum atomic E-state index is 0. The van der Waals surface area contributed by atoms with Gasteiger partial charge in [-0.2, -0.15) is 0 Å². The van der Waals surface area contributed by atoms with Crippen LogP contribution in [-0.2, 0) is 4.74 Å². The Bertz CT molecular complexity index is 408. The first kappa shape index (κ1) is 21.1. The van der Waals surface area contributed by atoms with Gasteiger partial charge in [0, 0.05) is 19.6 Å². The lowest BCUT2D eigenvalue weighted by molar-refractivity contribution is 0.0322. The van der Waals surface area contributed by atoms with E-state index in [2.05, 4.69) is 11.8 Å². The lowest BCUT2D eigenvalue weighted by atomic mass is 10.2. The second-order valence-corrected chi connectivity index (χ2v) is 6.04. The quantitative estimate of drug-likeness (QED) is 0.556. The third-order valence-corrected chi connectivity index (χ3v) is 4.12. The summed E-state index contributed by atoms with van der Waals surface area (Å²) >= 11 is 0. The normalized spacial score (nSPS) is 14.9. The lowest BCUT2D eigenvalue weighted by Gasteiger charge is -2.26. The molecule has 1 aliphatic heterocycles. The molecule has 4 nitrogen and oxygen atoms in total. The van der Waals surface area contributed by atoms with Crippen molar-refractivity contribution in [2.45, 2.75) is 39.0 Å². The average Bonchev–Trinajstić information content (AvgIpc) is 2.60. The fraction of sp³-hybridized carbons (Fsp3) is 0.684. The van der Waals surface area contributed by atoms with E-state index in [1.807, 2.05) is 24.3 Å². The third kappa shape index (κ3) is 8.76. The van der Waals surface area contributed by atoms with Crippen LogP contribution in [0.15, 0.2) is 24.3 Å². The Balaban J connectivity index is 0.00000288. The molecule has 0 bridgehead atoms. The van der Waals surface area contributed by atoms with Gasteiger partial charge in [0.05, 0.1) is 19.8 Å². The van der Waals surface area contributed by atoms with Gasteiger partial charge in [-0.05, 0) is 30.7 Å². The summed E-state index contributed by atoms with van der Waals surface area (Å²) in [6, 6.07) is 7.98. The number of halogens is 1. The van der Waals surface area contributed by atoms with Crippen LogP contribution in [0.3, 0.4) is 0 Å². The fourth-order valence-corrected chi connectivity index (χ4v) is 2.65. The number of rotatable bonds is 11. The smallest absolute Gasteiger partial charge is 0.119 e. The summed E-state index contributed by atoms with van der Waals surface area (Å²) in [6.45, 7) is 8.41. The Kier molecular flexibility index (Phi) is 11.7. The van der Waals surface area contributed by atoms with Crippen molar-refractivity contribution in [1.29, 1.82) is 0 Å². The van der Waals surface area contributed by atoms with Gasteiger partial charge in [-0.25, -0.2) is 0 Å². The summed E-state index contributed by atoms with van der Waals surface area (Å²) in [5, 5.41) is 0. The molecule has 138 valence electrons. The molecule has 0 spiro atoms. The first-order chi connectivity index (χ1) is 11.4. The van der Waals surface area contributed by atoms with Crippen molar-refractivity contribution in [2.75, 3.05) is 46.1 Å². The Morgan fingerprint density at radius 2 is 1.46 bits per heavy atom. The van der Waals surface area contributed by atoms with E-state index in [1.165, 1.54) is 25.7 Å². The van der Waals surface area contributed by atoms with Gasteiger partial charge < -0.3 is 14.2 Å². The van der Waals surface area contributed by atoms with Crippen LogP contribution in [-0.4, -0.2) is 51.0 Å². The Morgan fingerprint density at radius 3 is 2.08 bits per heavy atom. The molecule has 1 aromatic carbocycles. The van der Waals surface area contributed by atoms with Gasteiger partial charge in [0.2, 0.25) is 0 Å². The molecule has 0 aromatic heterocycles. The average molecular weight is 358 g/mol. The van der Waals surface area contributed by atoms with Gasteiger partial charge in [-0.3, -0.25) is 4.90 Å². The number of hydrogen-bond acceptors (Lipinski definition) is 4. The van der Waals surface area contributed by atoms with E-state index >= 15 is 0 Å². The number of ether oxygens (including phenoxy) is 3. The molecule has 0 unspecified atom stereocenters. The zero-order valence-electron chi connectivity index (χ0n) is 14.9. The molecule has 1 fully saturated rings. The topological polar surface area (TPSA) is 30.9 Å². The number of nitrogens with zero attached hydrogens (tertiary/aromatic N) is 1. The zero-order chi connectivity index (χ0) is 16.2. The van der Waals surface area contributed by atoms with E-state index in [0.29, 0.717) is 0 Å². The van der Waals surface area contributed by atoms with Crippen LogP contribution in [0.25, 0.3) is 0 Å². The molecule has 24 heavy (non-hydrogen) atoms. The van der Waals surface area contributed by atoms with Crippen molar-refractivity contribution in [3.8, 4) is 11.5 Å². The highest BCUT2D eigenvalue weighted by atomic mass is 35.5. The molecule has 1 aliphatic rings. The molecule has 0 N–H and O–H groups in total. The zero-order valence-corrected chi connectivity index (χ0v) is 15.7. The lowest BCUT2D eigenvalue weighted by Crippen LogP contribution is -2.38. The SMILES string of the molecule is CCCCCCCOc1ccc(OCCN2CCOCC2)cc1.Cl. The highest BCUT2D eigenvalue weighted by molar-refractivity contribution is 5.85. The first-order valence-corrected chi connectivity index (χ1v) is 9.04. The number of hydrogen-bond donors (Lipinski definition) is 0. The molecule has 1 heterocycles. The molecule has 0 amide bonds. The van der Waals surface area contributed by atoms with Crippen molar-refractivity contribution in [3.05, 3.63) is 24.3 Å². The maximum absolute atomic E-state index is 5.80. The van der Waals surface area contributed by atoms with Gasteiger partial charge in [0.25, 0.3) is 0 Å². The maximum Gasteiger partial charge on any atom is 0.119 e. The predicted molar refractivity (Wildman–Crippen MR) is 101 cm³/mol. The minimum Gasteiger partial charge on any atom is -0.494 e. The summed E-state index contributed by atoms with van der Waals surface area (Å²) < 4.78 is 16.9. The number of benzene rings is 1. The summed E-state index contributed by atoms with van der Waals surface area (Å²) in [4.78, 5) is 2.37. The largest absolute Gasteiger partial charge is 0.494 e. The summed E-state index contributed by atoms with van der Waals surface area (Å²) in [5.74, 6) is 1.84. The van der Waals surface area contributed by atoms with Gasteiger partial charge >= 0.3 is 0 Å². The molecule has 5 heteroatoms. The maximum atomic E-state index is 5.80. The van der Waals surface area contributed by atoms with Crippen molar-refractivity contribution >= 4 is 12.4 Å². The second-order valence-electron chi connectivity index (χ2n) is 6.04. The molecule has 1 saturated heterocycles. The highest BCUT2D eigenvalue weighted by Crippen LogP contribution is 2.18. The van der Waals surface area contributed by atoms with Crippen LogP contribution in [0.5, 0.6) is 11.5 Å². The standard InChI is InChI=1S/C19H31NO3.ClH/c1-2-3-4-5-6-14-22-18-7-9-19(10-8-18)23-17-13-20-11-15-21-16-12-20;/h7-10H,2-6,11-17H2,1H3;1H. The number of morpholine rings is 1. The number of unbranched alkanes of at least 4 members (excludes halogenated alkanes) is 4. The highest BCUT2D eigenvalue weighted by Gasteiger charge is 2.09. The molecular formula is C19H32ClNO3. The van der Waals surface area contributed by atoms with Gasteiger partial charge in [-0.15, -0.1) is 12.4 Å². The Hall–Kier alpha value is -0.970. The molecule has 1 aromatic rings. The van der Waals surface area contributed by atoms with Crippen LogP contribution < -0.4 is 9.47 Å². The van der Waals surface area contributed by atoms with Gasteiger partial charge in [0.1, 0.15) is 18.1 Å². The molecule has 0 atom stereocenters. The van der Waals surface area contributed by atoms with Crippen LogP contribution >= 0.6 is 12.4 Å². The van der Waals surface area contributed by atoms with Crippen LogP contribution in [0.1, 0.15) is 39.0 Å². The van der Waals surface area contributed by atoms with E-state index in [4.69, 9.17) is 14.2 Å². The second kappa shape index (κ2) is 13.3. The molecule has 0 saturated carbocycles. The minimum absolute atomic E-state index is 0. The van der Waals surface area contributed by atoms with Crippen molar-refractivity contribution in [1.82, 2.24) is 4.90 Å². The van der Waals surface area contributed by atoms with Crippen LogP contribution in [0, 0.1) is 0 Å². The van der Waals surface area contributed by atoms with Crippen LogP contribution in [0.2, 0.25) is 0 Å². The fourth-order valence-electron chi connectivity index (χ4n) is 2.65. The van der Waals surface area contributed by atoms with Gasteiger partial charge in [0.15, 0.2) is 0 Å². The van der Waals surface area contributed by atoms with E-state index in [0.717, 1.165) is 64.0 Å². The van der Waals surface area contributed by atoms with Crippen LogP contribution in [0.4, 0.5) is 0 Å². The van der Waals surface area contributed by atoms with Crippen molar-refractivity contribution in [2.24, 2.45) is 0 Å². The molecule has 2 rings (SSSR count). The van der Waals surface area contributed by atoms with E-state index < -0.39 is 0 Å². The first-order valence-electron chi connectivity index (χ1n) is 9.04. The monoisotopic (exact) mass is 357 g/mol. The molecule has 0 radical (unpaired) electrons.